The minimum Gasteiger partial charge on any atom is -0.465 e. The van der Waals surface area contributed by atoms with Crippen LogP contribution in [0.4, 0.5) is 0 Å². The second kappa shape index (κ2) is 5.30. The van der Waals surface area contributed by atoms with Gasteiger partial charge in [-0.05, 0) is 29.7 Å². The summed E-state index contributed by atoms with van der Waals surface area (Å²) in [5.74, 6) is -0.304. The minimum absolute atomic E-state index is 0.304. The first-order valence-corrected chi connectivity index (χ1v) is 5.53. The smallest absolute Gasteiger partial charge is 0.337 e. The Morgan fingerprint density at radius 1 is 1.18 bits per heavy atom. The normalized spacial score (nSPS) is 14.1. The van der Waals surface area contributed by atoms with Crippen LogP contribution in [-0.2, 0) is 4.74 Å². The van der Waals surface area contributed by atoms with Crippen LogP contribution < -0.4 is 0 Å². The molecule has 1 aliphatic rings. The molecule has 0 spiro atoms. The first kappa shape index (κ1) is 11.4. The molecule has 17 heavy (non-hydrogen) atoms. The molecule has 0 N–H and O–H groups in total. The van der Waals surface area contributed by atoms with Gasteiger partial charge in [0.15, 0.2) is 0 Å². The Morgan fingerprint density at radius 3 is 2.65 bits per heavy atom. The molecule has 0 radical (unpaired) electrons. The highest BCUT2D eigenvalue weighted by Crippen LogP contribution is 2.19. The minimum atomic E-state index is -0.304. The van der Waals surface area contributed by atoms with Gasteiger partial charge in [0.05, 0.1) is 12.7 Å². The molecule has 1 aromatic carbocycles. The molecule has 1 aliphatic carbocycles. The molecule has 0 amide bonds. The maximum Gasteiger partial charge on any atom is 0.337 e. The van der Waals surface area contributed by atoms with Gasteiger partial charge in [-0.15, -0.1) is 0 Å². The maximum absolute atomic E-state index is 11.3. The molecule has 1 aromatic rings. The molecule has 0 aliphatic heterocycles. The summed E-state index contributed by atoms with van der Waals surface area (Å²) in [6, 6.07) is 7.43. The molecular formula is C15H14O2. The average molecular weight is 226 g/mol. The number of methoxy groups -OCH3 is 1. The summed E-state index contributed by atoms with van der Waals surface area (Å²) < 4.78 is 4.66. The lowest BCUT2D eigenvalue weighted by Crippen LogP contribution is -2.00. The Bertz CT molecular complexity index is 490. The first-order chi connectivity index (χ1) is 8.31. The molecule has 0 aromatic heterocycles. The van der Waals surface area contributed by atoms with Crippen molar-refractivity contribution < 1.29 is 9.53 Å². The lowest BCUT2D eigenvalue weighted by molar-refractivity contribution is 0.0601. The van der Waals surface area contributed by atoms with Crippen molar-refractivity contribution in [1.29, 1.82) is 0 Å². The van der Waals surface area contributed by atoms with Crippen LogP contribution >= 0.6 is 0 Å². The van der Waals surface area contributed by atoms with E-state index in [1.807, 2.05) is 18.2 Å². The second-order valence-electron chi connectivity index (χ2n) is 3.76. The number of hydrogen-bond donors (Lipinski definition) is 0. The van der Waals surface area contributed by atoms with Gasteiger partial charge in [-0.2, -0.15) is 0 Å². The zero-order valence-corrected chi connectivity index (χ0v) is 9.72. The van der Waals surface area contributed by atoms with E-state index in [9.17, 15) is 4.79 Å². The lowest BCUT2D eigenvalue weighted by atomic mass is 10.0. The SMILES string of the molecule is COC(=O)c1ccc(C2=CC=CCC=C2)cc1. The molecule has 0 fully saturated rings. The number of hydrogen-bond acceptors (Lipinski definition) is 2. The van der Waals surface area contributed by atoms with Crippen molar-refractivity contribution in [2.45, 2.75) is 6.42 Å². The van der Waals surface area contributed by atoms with Gasteiger partial charge in [-0.25, -0.2) is 4.79 Å². The van der Waals surface area contributed by atoms with Crippen molar-refractivity contribution in [2.24, 2.45) is 0 Å². The fourth-order valence-electron chi connectivity index (χ4n) is 1.69. The molecule has 2 nitrogen and oxygen atoms in total. The topological polar surface area (TPSA) is 26.3 Å². The van der Waals surface area contributed by atoms with Gasteiger partial charge in [0.1, 0.15) is 0 Å². The van der Waals surface area contributed by atoms with E-state index in [1.54, 1.807) is 12.1 Å². The molecule has 0 atom stereocenters. The van der Waals surface area contributed by atoms with Crippen LogP contribution in [0.5, 0.6) is 0 Å². The van der Waals surface area contributed by atoms with Crippen LogP contribution in [0.1, 0.15) is 22.3 Å². The van der Waals surface area contributed by atoms with E-state index < -0.39 is 0 Å². The van der Waals surface area contributed by atoms with Crippen LogP contribution in [0.15, 0.2) is 54.6 Å². The predicted octanol–water partition coefficient (Wildman–Crippen LogP) is 3.37. The third-order valence-corrected chi connectivity index (χ3v) is 2.62. The standard InChI is InChI=1S/C15H14O2/c1-17-15(16)14-10-8-13(9-11-14)12-6-4-2-3-5-7-12/h2,4-11H,3H2,1H3. The zero-order chi connectivity index (χ0) is 12.1. The Morgan fingerprint density at radius 2 is 1.94 bits per heavy atom. The van der Waals surface area contributed by atoms with E-state index in [4.69, 9.17) is 0 Å². The van der Waals surface area contributed by atoms with E-state index in [2.05, 4.69) is 29.0 Å². The van der Waals surface area contributed by atoms with Crippen molar-refractivity contribution >= 4 is 11.5 Å². The molecule has 0 saturated heterocycles. The third kappa shape index (κ3) is 2.72. The summed E-state index contributed by atoms with van der Waals surface area (Å²) >= 11 is 0. The van der Waals surface area contributed by atoms with Gasteiger partial charge in [-0.3, -0.25) is 0 Å². The molecule has 0 unspecified atom stereocenters. The van der Waals surface area contributed by atoms with Gasteiger partial charge < -0.3 is 4.74 Å². The molecule has 2 rings (SSSR count). The monoisotopic (exact) mass is 226 g/mol. The van der Waals surface area contributed by atoms with Crippen molar-refractivity contribution in [3.63, 3.8) is 0 Å². The van der Waals surface area contributed by atoms with Crippen LogP contribution in [-0.4, -0.2) is 13.1 Å². The van der Waals surface area contributed by atoms with Gasteiger partial charge in [0, 0.05) is 0 Å². The third-order valence-electron chi connectivity index (χ3n) is 2.62. The summed E-state index contributed by atoms with van der Waals surface area (Å²) in [5.41, 5.74) is 2.82. The number of allylic oxidation sites excluding steroid dienone is 6. The highest BCUT2D eigenvalue weighted by Gasteiger charge is 2.05. The van der Waals surface area contributed by atoms with E-state index in [0.717, 1.165) is 17.6 Å². The maximum atomic E-state index is 11.3. The van der Waals surface area contributed by atoms with Gasteiger partial charge in [0.25, 0.3) is 0 Å². The number of carbonyl (C=O) groups is 1. The highest BCUT2D eigenvalue weighted by atomic mass is 16.5. The first-order valence-electron chi connectivity index (χ1n) is 5.53. The molecule has 0 heterocycles. The summed E-state index contributed by atoms with van der Waals surface area (Å²) in [5, 5.41) is 0. The number of ether oxygens (including phenoxy) is 1. The Hall–Kier alpha value is -2.09. The molecular weight excluding hydrogens is 212 g/mol. The molecule has 2 heteroatoms. The van der Waals surface area contributed by atoms with E-state index in [-0.39, 0.29) is 5.97 Å². The van der Waals surface area contributed by atoms with Gasteiger partial charge in [-0.1, -0.05) is 42.5 Å². The summed E-state index contributed by atoms with van der Waals surface area (Å²) in [4.78, 5) is 11.3. The van der Waals surface area contributed by atoms with E-state index in [0.29, 0.717) is 5.56 Å². The fraction of sp³-hybridized carbons (Fsp3) is 0.133. The van der Waals surface area contributed by atoms with E-state index >= 15 is 0 Å². The Balaban J connectivity index is 2.26. The Kier molecular flexibility index (Phi) is 3.55. The zero-order valence-electron chi connectivity index (χ0n) is 9.72. The summed E-state index contributed by atoms with van der Waals surface area (Å²) in [6.07, 6.45) is 11.4. The van der Waals surface area contributed by atoms with Crippen molar-refractivity contribution in [2.75, 3.05) is 7.11 Å². The number of carbonyl (C=O) groups excluding carboxylic acids is 1. The number of esters is 1. The summed E-state index contributed by atoms with van der Waals surface area (Å²) in [6.45, 7) is 0. The molecule has 0 saturated carbocycles. The van der Waals surface area contributed by atoms with Crippen LogP contribution in [0, 0.1) is 0 Å². The number of rotatable bonds is 2. The van der Waals surface area contributed by atoms with Crippen LogP contribution in [0.2, 0.25) is 0 Å². The van der Waals surface area contributed by atoms with Crippen molar-refractivity contribution in [3.8, 4) is 0 Å². The molecule has 0 bridgehead atoms. The van der Waals surface area contributed by atoms with Crippen molar-refractivity contribution in [1.82, 2.24) is 0 Å². The summed E-state index contributed by atoms with van der Waals surface area (Å²) in [7, 11) is 1.39. The number of benzene rings is 1. The Labute approximate surface area is 101 Å². The van der Waals surface area contributed by atoms with E-state index in [1.165, 1.54) is 7.11 Å². The van der Waals surface area contributed by atoms with Crippen LogP contribution in [0.25, 0.3) is 5.57 Å². The van der Waals surface area contributed by atoms with Crippen molar-refractivity contribution in [3.05, 3.63) is 65.8 Å². The molecule has 86 valence electrons. The second-order valence-corrected chi connectivity index (χ2v) is 3.76. The van der Waals surface area contributed by atoms with Gasteiger partial charge in [0.2, 0.25) is 0 Å². The largest absolute Gasteiger partial charge is 0.465 e. The van der Waals surface area contributed by atoms with Gasteiger partial charge >= 0.3 is 5.97 Å². The predicted molar refractivity (Wildman–Crippen MR) is 68.7 cm³/mol. The lowest BCUT2D eigenvalue weighted by Gasteiger charge is -2.03. The quantitative estimate of drug-likeness (QED) is 0.723. The highest BCUT2D eigenvalue weighted by molar-refractivity contribution is 5.90. The average Bonchev–Trinajstić information content (AvgIpc) is 2.67. The fourth-order valence-corrected chi connectivity index (χ4v) is 1.69. The van der Waals surface area contributed by atoms with Crippen LogP contribution in [0.3, 0.4) is 0 Å².